The fourth-order valence-electron chi connectivity index (χ4n) is 2.84. The Morgan fingerprint density at radius 1 is 0.593 bits per heavy atom. The third-order valence-electron chi connectivity index (χ3n) is 4.15. The van der Waals surface area contributed by atoms with Crippen molar-refractivity contribution in [2.24, 2.45) is 0 Å². The minimum atomic E-state index is -3.51. The van der Waals surface area contributed by atoms with Gasteiger partial charge in [-0.3, -0.25) is 9.13 Å². The Kier molecular flexibility index (Phi) is 6.48. The van der Waals surface area contributed by atoms with E-state index in [0.717, 1.165) is 5.30 Å². The molecule has 3 aromatic carbocycles. The monoisotopic (exact) mass is 418 g/mol. The van der Waals surface area contributed by atoms with Crippen LogP contribution < -0.4 is 15.9 Å². The molecule has 0 bridgehead atoms. The van der Waals surface area contributed by atoms with Gasteiger partial charge in [-0.25, -0.2) is 0 Å². The first-order valence-electron chi connectivity index (χ1n) is 8.35. The molecule has 0 aliphatic rings. The first-order chi connectivity index (χ1) is 13.1. The van der Waals surface area contributed by atoms with E-state index in [4.69, 9.17) is 9.05 Å². The minimum absolute atomic E-state index is 0.538. The largest absolute Gasteiger partial charge is 0.325 e. The lowest BCUT2D eigenvalue weighted by Crippen LogP contribution is -2.15. The van der Waals surface area contributed by atoms with E-state index in [0.29, 0.717) is 10.6 Å². The lowest BCUT2D eigenvalue weighted by Gasteiger charge is -2.32. The SMILES string of the molecule is COP(=O)(c1ccccc1)P(c1ccccc1)P(=O)(OC)c1ccccc1. The molecule has 4 nitrogen and oxygen atoms in total. The van der Waals surface area contributed by atoms with Gasteiger partial charge < -0.3 is 9.05 Å². The zero-order chi connectivity index (χ0) is 19.3. The predicted molar refractivity (Wildman–Crippen MR) is 114 cm³/mol. The van der Waals surface area contributed by atoms with Gasteiger partial charge in [0.2, 0.25) is 0 Å². The van der Waals surface area contributed by atoms with Crippen LogP contribution >= 0.6 is 21.4 Å². The van der Waals surface area contributed by atoms with E-state index in [9.17, 15) is 9.13 Å². The molecular formula is C20H21O4P3. The lowest BCUT2D eigenvalue weighted by atomic mass is 10.4. The third-order valence-corrected chi connectivity index (χ3v) is 19.8. The van der Waals surface area contributed by atoms with Crippen LogP contribution in [0.3, 0.4) is 0 Å². The topological polar surface area (TPSA) is 52.6 Å². The molecule has 0 aromatic heterocycles. The Morgan fingerprint density at radius 2 is 0.926 bits per heavy atom. The summed E-state index contributed by atoms with van der Waals surface area (Å²) in [6.45, 7) is 0. The van der Waals surface area contributed by atoms with Crippen molar-refractivity contribution in [1.29, 1.82) is 0 Å². The molecule has 2 unspecified atom stereocenters. The maximum Gasteiger partial charge on any atom is 0.265 e. The summed E-state index contributed by atoms with van der Waals surface area (Å²) in [5.74, 6) is 0. The quantitative estimate of drug-likeness (QED) is 0.500. The second kappa shape index (κ2) is 8.65. The second-order valence-corrected chi connectivity index (χ2v) is 17.1. The van der Waals surface area contributed by atoms with Crippen molar-refractivity contribution in [1.82, 2.24) is 0 Å². The van der Waals surface area contributed by atoms with Crippen molar-refractivity contribution in [2.45, 2.75) is 0 Å². The van der Waals surface area contributed by atoms with Gasteiger partial charge in [0, 0.05) is 24.8 Å². The molecule has 3 rings (SSSR count). The fraction of sp³-hybridized carbons (Fsp3) is 0.100. The van der Waals surface area contributed by atoms with Gasteiger partial charge in [-0.2, -0.15) is 0 Å². The zero-order valence-electron chi connectivity index (χ0n) is 15.1. The van der Waals surface area contributed by atoms with Gasteiger partial charge >= 0.3 is 0 Å². The highest BCUT2D eigenvalue weighted by atomic mass is 32.5. The Hall–Kier alpha value is -1.53. The standard InChI is InChI=1S/C20H21O4P3/c1-23-26(21,19-14-8-4-9-15-19)25(18-12-6-3-7-13-18)27(22,24-2)20-16-10-5-11-17-20/h3-17H,1-2H3. The van der Waals surface area contributed by atoms with E-state index < -0.39 is 21.4 Å². The highest BCUT2D eigenvalue weighted by Crippen LogP contribution is 2.92. The smallest absolute Gasteiger partial charge is 0.265 e. The van der Waals surface area contributed by atoms with Crippen LogP contribution in [0.15, 0.2) is 91.0 Å². The molecule has 0 saturated heterocycles. The fourth-order valence-corrected chi connectivity index (χ4v) is 19.0. The van der Waals surface area contributed by atoms with Crippen LogP contribution in [0.1, 0.15) is 0 Å². The molecule has 2 atom stereocenters. The van der Waals surface area contributed by atoms with Crippen LogP contribution in [0.25, 0.3) is 0 Å². The van der Waals surface area contributed by atoms with Gasteiger partial charge in [-0.15, -0.1) is 0 Å². The zero-order valence-corrected chi connectivity index (χ0v) is 17.8. The van der Waals surface area contributed by atoms with Gasteiger partial charge in [0.15, 0.2) is 0 Å². The molecule has 0 fully saturated rings. The van der Waals surface area contributed by atoms with E-state index >= 15 is 0 Å². The van der Waals surface area contributed by atoms with Crippen molar-refractivity contribution >= 4 is 37.3 Å². The molecule has 0 saturated carbocycles. The summed E-state index contributed by atoms with van der Waals surface area (Å²) in [5, 5.41) is 1.79. The molecule has 0 aliphatic carbocycles. The van der Waals surface area contributed by atoms with Crippen LogP contribution in [0.4, 0.5) is 0 Å². The summed E-state index contributed by atoms with van der Waals surface area (Å²) in [5.41, 5.74) is 0. The Balaban J connectivity index is 2.30. The molecule has 7 heteroatoms. The summed E-state index contributed by atoms with van der Waals surface area (Å²) in [7, 11) is -6.03. The number of rotatable bonds is 7. The third kappa shape index (κ3) is 3.87. The molecule has 0 heterocycles. The first kappa shape index (κ1) is 20.2. The summed E-state index contributed by atoms with van der Waals surface area (Å²) in [6.07, 6.45) is 0. The summed E-state index contributed by atoms with van der Waals surface area (Å²) in [4.78, 5) is 0. The van der Waals surface area contributed by atoms with Crippen molar-refractivity contribution in [3.63, 3.8) is 0 Å². The van der Waals surface area contributed by atoms with Crippen molar-refractivity contribution in [2.75, 3.05) is 14.2 Å². The Morgan fingerprint density at radius 3 is 1.26 bits per heavy atom. The molecule has 0 aliphatic heterocycles. The van der Waals surface area contributed by atoms with Crippen molar-refractivity contribution in [3.05, 3.63) is 91.0 Å². The average Bonchev–Trinajstić information content (AvgIpc) is 2.75. The average molecular weight is 418 g/mol. The van der Waals surface area contributed by atoms with E-state index in [1.807, 2.05) is 42.5 Å². The van der Waals surface area contributed by atoms with Crippen LogP contribution in [0, 0.1) is 0 Å². The predicted octanol–water partition coefficient (Wildman–Crippen LogP) is 5.12. The summed E-state index contributed by atoms with van der Waals surface area (Å²) < 4.78 is 39.7. The Labute approximate surface area is 161 Å². The van der Waals surface area contributed by atoms with E-state index in [1.165, 1.54) is 14.2 Å². The van der Waals surface area contributed by atoms with Crippen molar-refractivity contribution < 1.29 is 18.2 Å². The van der Waals surface area contributed by atoms with Crippen LogP contribution in [0.2, 0.25) is 0 Å². The molecule has 27 heavy (non-hydrogen) atoms. The highest BCUT2D eigenvalue weighted by Gasteiger charge is 2.50. The summed E-state index contributed by atoms with van der Waals surface area (Å²) in [6, 6.07) is 27.2. The molecule has 0 radical (unpaired) electrons. The van der Waals surface area contributed by atoms with Crippen molar-refractivity contribution in [3.8, 4) is 0 Å². The lowest BCUT2D eigenvalue weighted by molar-refractivity contribution is 0.412. The van der Waals surface area contributed by atoms with Gasteiger partial charge in [0.05, 0.1) is 0 Å². The first-order valence-corrected chi connectivity index (χ1v) is 14.4. The molecular weight excluding hydrogens is 397 g/mol. The van der Waals surface area contributed by atoms with Gasteiger partial charge in [-0.1, -0.05) is 66.7 Å². The molecule has 0 spiro atoms. The number of hydrogen-bond acceptors (Lipinski definition) is 4. The molecule has 3 aromatic rings. The number of hydrogen-bond donors (Lipinski definition) is 0. The van der Waals surface area contributed by atoms with E-state index in [-0.39, 0.29) is 0 Å². The van der Waals surface area contributed by atoms with Crippen LogP contribution in [-0.2, 0) is 18.2 Å². The molecule has 0 N–H and O–H groups in total. The Bertz CT molecular complexity index is 901. The van der Waals surface area contributed by atoms with E-state index in [1.54, 1.807) is 48.5 Å². The van der Waals surface area contributed by atoms with Crippen LogP contribution in [-0.4, -0.2) is 14.2 Å². The minimum Gasteiger partial charge on any atom is -0.325 e. The summed E-state index contributed by atoms with van der Waals surface area (Å²) >= 11 is 0. The maximum absolute atomic E-state index is 14.2. The molecule has 0 amide bonds. The van der Waals surface area contributed by atoms with E-state index in [2.05, 4.69) is 0 Å². The molecule has 140 valence electrons. The van der Waals surface area contributed by atoms with Gasteiger partial charge in [-0.05, 0) is 29.6 Å². The van der Waals surface area contributed by atoms with Crippen LogP contribution in [0.5, 0.6) is 0 Å². The maximum atomic E-state index is 14.2. The number of benzene rings is 3. The second-order valence-electron chi connectivity index (χ2n) is 5.70. The van der Waals surface area contributed by atoms with Gasteiger partial charge in [0.25, 0.3) is 14.1 Å². The van der Waals surface area contributed by atoms with Gasteiger partial charge in [0.1, 0.15) is 7.30 Å². The normalized spacial score (nSPS) is 16.8. The highest BCUT2D eigenvalue weighted by molar-refractivity contribution is 8.67.